The second kappa shape index (κ2) is 11.4. The highest BCUT2D eigenvalue weighted by Gasteiger charge is 2.48. The molecule has 0 N–H and O–H groups in total. The monoisotopic (exact) mass is 569 g/mol. The van der Waals surface area contributed by atoms with Crippen molar-refractivity contribution >= 4 is 46.3 Å². The fourth-order valence-corrected chi connectivity index (χ4v) is 8.20. The van der Waals surface area contributed by atoms with Crippen LogP contribution < -0.4 is 9.47 Å². The molecule has 1 aromatic carbocycles. The summed E-state index contributed by atoms with van der Waals surface area (Å²) in [7, 11) is 4.28. The molecule has 2 bridgehead atoms. The quantitative estimate of drug-likeness (QED) is 0.205. The number of carbonyl (C=O) groups excluding carboxylic acids is 2. The molecule has 2 aliphatic carbocycles. The fraction of sp³-hybridized carbons (Fsp3) is 0.500. The molecule has 5 rings (SSSR count). The van der Waals surface area contributed by atoms with E-state index in [0.29, 0.717) is 49.8 Å². The summed E-state index contributed by atoms with van der Waals surface area (Å²) in [5, 5.41) is 0. The molecular weight excluding hydrogens is 534 g/mol. The van der Waals surface area contributed by atoms with Crippen molar-refractivity contribution in [2.75, 3.05) is 21.3 Å². The Balaban J connectivity index is 1.42. The lowest BCUT2D eigenvalue weighted by atomic mass is 9.61. The first-order valence-electron chi connectivity index (χ1n) is 13.5. The van der Waals surface area contributed by atoms with Crippen LogP contribution in [0.5, 0.6) is 11.5 Å². The average molecular weight is 570 g/mol. The van der Waals surface area contributed by atoms with Crippen molar-refractivity contribution in [3.05, 3.63) is 40.5 Å². The molecular formula is C30H35NO6S2. The lowest BCUT2D eigenvalue weighted by Crippen LogP contribution is -2.53. The lowest BCUT2D eigenvalue weighted by Gasteiger charge is -2.49. The van der Waals surface area contributed by atoms with Gasteiger partial charge in [0, 0.05) is 17.7 Å². The van der Waals surface area contributed by atoms with Crippen molar-refractivity contribution in [1.29, 1.82) is 0 Å². The number of carbonyl (C=O) groups is 2. The minimum Gasteiger partial charge on any atom is -0.493 e. The predicted octanol–water partition coefficient (Wildman–Crippen LogP) is 6.80. The maximum Gasteiger partial charge on any atom is 0.341 e. The smallest absolute Gasteiger partial charge is 0.341 e. The van der Waals surface area contributed by atoms with Gasteiger partial charge in [-0.2, -0.15) is 0 Å². The molecule has 2 saturated carbocycles. The van der Waals surface area contributed by atoms with Crippen LogP contribution in [0.15, 0.2) is 33.6 Å². The van der Waals surface area contributed by atoms with Crippen molar-refractivity contribution in [2.24, 2.45) is 23.7 Å². The summed E-state index contributed by atoms with van der Waals surface area (Å²) >= 11 is 7.13. The van der Waals surface area contributed by atoms with E-state index in [0.717, 1.165) is 18.8 Å². The van der Waals surface area contributed by atoms with Gasteiger partial charge in [0.15, 0.2) is 11.5 Å². The zero-order valence-corrected chi connectivity index (χ0v) is 24.7. The summed E-state index contributed by atoms with van der Waals surface area (Å²) in [5.41, 5.74) is 0.847. The van der Waals surface area contributed by atoms with Gasteiger partial charge in [0.05, 0.1) is 26.2 Å². The molecule has 39 heavy (non-hydrogen) atoms. The number of hydrogen-bond donors (Lipinski definition) is 0. The molecule has 2 heterocycles. The molecule has 1 amide bonds. The zero-order chi connectivity index (χ0) is 27.8. The van der Waals surface area contributed by atoms with Gasteiger partial charge in [-0.3, -0.25) is 9.69 Å². The number of methoxy groups -OCH3 is 3. The molecule has 1 aliphatic heterocycles. The molecule has 2 aromatic rings. The standard InChI is InChI=1S/C30H35NO6S2/c1-6-18-11-17-9-16(2)10-20(12-17)26(18)31-28(32)25(39-30(31)38)15-21-7-8-23(37-21)19-13-22(29(33)36-5)27(35-4)24(14-19)34-3/h7-8,13-18,20,26H,6,9-12H2,1-5H3/b25-15-. The number of nitrogens with zero attached hydrogens (tertiary/aromatic N) is 1. The van der Waals surface area contributed by atoms with E-state index in [1.165, 1.54) is 52.4 Å². The van der Waals surface area contributed by atoms with E-state index in [1.54, 1.807) is 30.3 Å². The van der Waals surface area contributed by atoms with Crippen molar-refractivity contribution in [2.45, 2.75) is 52.0 Å². The summed E-state index contributed by atoms with van der Waals surface area (Å²) in [5.74, 6) is 3.59. The van der Waals surface area contributed by atoms with Gasteiger partial charge in [0.1, 0.15) is 21.4 Å². The number of furan rings is 1. The maximum absolute atomic E-state index is 13.7. The predicted molar refractivity (Wildman–Crippen MR) is 156 cm³/mol. The van der Waals surface area contributed by atoms with Gasteiger partial charge in [0.2, 0.25) is 0 Å². The van der Waals surface area contributed by atoms with Crippen LogP contribution in [0.2, 0.25) is 0 Å². The molecule has 3 fully saturated rings. The first-order chi connectivity index (χ1) is 18.8. The van der Waals surface area contributed by atoms with Crippen LogP contribution in [0, 0.1) is 23.7 Å². The van der Waals surface area contributed by atoms with Crippen LogP contribution in [-0.2, 0) is 9.53 Å². The topological polar surface area (TPSA) is 78.2 Å². The normalized spacial score (nSPS) is 27.7. The van der Waals surface area contributed by atoms with E-state index < -0.39 is 5.97 Å². The molecule has 7 nitrogen and oxygen atoms in total. The molecule has 3 aliphatic rings. The van der Waals surface area contributed by atoms with Crippen LogP contribution in [0.1, 0.15) is 62.1 Å². The highest BCUT2D eigenvalue weighted by molar-refractivity contribution is 8.26. The Bertz CT molecular complexity index is 1310. The van der Waals surface area contributed by atoms with E-state index >= 15 is 0 Å². The molecule has 5 atom stereocenters. The first kappa shape index (κ1) is 27.8. The molecule has 1 aromatic heterocycles. The zero-order valence-electron chi connectivity index (χ0n) is 23.0. The second-order valence-electron chi connectivity index (χ2n) is 10.8. The summed E-state index contributed by atoms with van der Waals surface area (Å²) in [6.07, 6.45) is 7.66. The molecule has 0 spiro atoms. The second-order valence-corrected chi connectivity index (χ2v) is 12.5. The Labute approximate surface area is 239 Å². The van der Waals surface area contributed by atoms with Gasteiger partial charge in [0.25, 0.3) is 5.91 Å². The van der Waals surface area contributed by atoms with E-state index in [4.69, 9.17) is 30.8 Å². The van der Waals surface area contributed by atoms with E-state index in [2.05, 4.69) is 13.8 Å². The third-order valence-corrected chi connectivity index (χ3v) is 9.72. The molecule has 1 saturated heterocycles. The van der Waals surface area contributed by atoms with Crippen LogP contribution in [-0.4, -0.2) is 48.5 Å². The van der Waals surface area contributed by atoms with Crippen molar-refractivity contribution < 1.29 is 28.2 Å². The van der Waals surface area contributed by atoms with E-state index in [-0.39, 0.29) is 23.3 Å². The number of rotatable bonds is 7. The molecule has 0 radical (unpaired) electrons. The average Bonchev–Trinajstić information content (AvgIpc) is 3.50. The summed E-state index contributed by atoms with van der Waals surface area (Å²) in [6, 6.07) is 7.15. The van der Waals surface area contributed by atoms with Crippen LogP contribution in [0.3, 0.4) is 0 Å². The number of hydrogen-bond acceptors (Lipinski definition) is 8. The maximum atomic E-state index is 13.7. The first-order valence-corrected chi connectivity index (χ1v) is 14.7. The van der Waals surface area contributed by atoms with Gasteiger partial charge in [-0.1, -0.05) is 44.2 Å². The van der Waals surface area contributed by atoms with Gasteiger partial charge in [-0.15, -0.1) is 0 Å². The van der Waals surface area contributed by atoms with Gasteiger partial charge >= 0.3 is 5.97 Å². The summed E-state index contributed by atoms with van der Waals surface area (Å²) in [4.78, 5) is 28.6. The Morgan fingerprint density at radius 1 is 1.15 bits per heavy atom. The van der Waals surface area contributed by atoms with Crippen LogP contribution >= 0.6 is 24.0 Å². The number of benzene rings is 1. The number of ether oxygens (including phenoxy) is 3. The van der Waals surface area contributed by atoms with Crippen molar-refractivity contribution in [3.8, 4) is 22.8 Å². The highest BCUT2D eigenvalue weighted by Crippen LogP contribution is 2.50. The summed E-state index contributed by atoms with van der Waals surface area (Å²) in [6.45, 7) is 4.58. The third-order valence-electron chi connectivity index (χ3n) is 8.39. The Kier molecular flexibility index (Phi) is 8.10. The van der Waals surface area contributed by atoms with E-state index in [1.807, 2.05) is 4.90 Å². The largest absolute Gasteiger partial charge is 0.493 e. The Morgan fingerprint density at radius 3 is 2.64 bits per heavy atom. The highest BCUT2D eigenvalue weighted by atomic mass is 32.2. The minimum absolute atomic E-state index is 0.0258. The van der Waals surface area contributed by atoms with Crippen LogP contribution in [0.25, 0.3) is 17.4 Å². The summed E-state index contributed by atoms with van der Waals surface area (Å²) < 4.78 is 22.5. The third kappa shape index (κ3) is 5.23. The molecule has 9 heteroatoms. The SMILES string of the molecule is CCC1CC2CC(C)CC(C2)C1N1C(=O)/C(=C/c2ccc(-c3cc(OC)c(OC)c(C(=O)OC)c3)o2)SC1=S. The number of fused-ring (bicyclic) bond motifs is 2. The number of thiocarbonyl (C=S) groups is 1. The van der Waals surface area contributed by atoms with Gasteiger partial charge < -0.3 is 18.6 Å². The Hall–Kier alpha value is -2.78. The van der Waals surface area contributed by atoms with Crippen molar-refractivity contribution in [1.82, 2.24) is 4.90 Å². The van der Waals surface area contributed by atoms with Gasteiger partial charge in [-0.25, -0.2) is 4.79 Å². The fourth-order valence-electron chi connectivity index (χ4n) is 6.88. The number of esters is 1. The Morgan fingerprint density at radius 2 is 1.95 bits per heavy atom. The lowest BCUT2D eigenvalue weighted by molar-refractivity contribution is -0.127. The molecule has 5 unspecified atom stereocenters. The van der Waals surface area contributed by atoms with Crippen LogP contribution in [0.4, 0.5) is 0 Å². The number of amides is 1. The molecule has 208 valence electrons. The van der Waals surface area contributed by atoms with Crippen molar-refractivity contribution in [3.63, 3.8) is 0 Å². The number of thioether (sulfide) groups is 1. The minimum atomic E-state index is -0.547. The van der Waals surface area contributed by atoms with Gasteiger partial charge in [-0.05, 0) is 73.6 Å². The van der Waals surface area contributed by atoms with E-state index in [9.17, 15) is 9.59 Å².